The van der Waals surface area contributed by atoms with Gasteiger partial charge in [0.1, 0.15) is 0 Å². The molecule has 1 aromatic rings. The van der Waals surface area contributed by atoms with E-state index in [9.17, 15) is 0 Å². The summed E-state index contributed by atoms with van der Waals surface area (Å²) in [5.74, 6) is 0. The van der Waals surface area contributed by atoms with Crippen molar-refractivity contribution in [2.75, 3.05) is 20.2 Å². The van der Waals surface area contributed by atoms with E-state index in [1.807, 2.05) is 0 Å². The second-order valence-electron chi connectivity index (χ2n) is 4.71. The van der Waals surface area contributed by atoms with Crippen LogP contribution in [0.2, 0.25) is 0 Å². The van der Waals surface area contributed by atoms with Crippen LogP contribution in [0.4, 0.5) is 0 Å². The van der Waals surface area contributed by atoms with E-state index < -0.39 is 0 Å². The summed E-state index contributed by atoms with van der Waals surface area (Å²) in [6.45, 7) is 7.66. The van der Waals surface area contributed by atoms with Crippen LogP contribution in [0.25, 0.3) is 0 Å². The summed E-state index contributed by atoms with van der Waals surface area (Å²) in [5, 5.41) is 0.707. The molecule has 0 saturated carbocycles. The molecular formula is C16H25NOS. The van der Waals surface area contributed by atoms with Gasteiger partial charge in [0, 0.05) is 13.0 Å². The molecule has 0 radical (unpaired) electrons. The van der Waals surface area contributed by atoms with E-state index in [0.29, 0.717) is 5.05 Å². The third kappa shape index (κ3) is 6.17. The zero-order chi connectivity index (χ0) is 14.1. The Morgan fingerprint density at radius 1 is 1.11 bits per heavy atom. The van der Waals surface area contributed by atoms with Gasteiger partial charge in [-0.15, -0.1) is 0 Å². The first kappa shape index (κ1) is 16.1. The molecule has 0 heterocycles. The molecule has 0 aromatic heterocycles. The molecule has 0 bridgehead atoms. The number of hydrogen-bond donors (Lipinski definition) is 0. The van der Waals surface area contributed by atoms with Gasteiger partial charge < -0.3 is 4.74 Å². The Bertz CT molecular complexity index is 371. The maximum Gasteiger partial charge on any atom is 0.159 e. The Hall–Kier alpha value is -0.930. The summed E-state index contributed by atoms with van der Waals surface area (Å²) < 4.78 is 5.00. The normalized spacial score (nSPS) is 10.7. The van der Waals surface area contributed by atoms with Gasteiger partial charge in [0.15, 0.2) is 5.05 Å². The first-order valence-corrected chi connectivity index (χ1v) is 7.47. The number of benzene rings is 1. The highest BCUT2D eigenvalue weighted by Gasteiger charge is 2.02. The van der Waals surface area contributed by atoms with Crippen LogP contribution in [0.15, 0.2) is 24.3 Å². The minimum absolute atomic E-state index is 0.707. The van der Waals surface area contributed by atoms with E-state index in [1.54, 1.807) is 7.11 Å². The minimum atomic E-state index is 0.707. The van der Waals surface area contributed by atoms with Crippen molar-refractivity contribution in [1.29, 1.82) is 0 Å². The maximum atomic E-state index is 5.04. The molecule has 0 atom stereocenters. The molecule has 0 spiro atoms. The Kier molecular flexibility index (Phi) is 7.68. The monoisotopic (exact) mass is 279 g/mol. The molecule has 0 N–H and O–H groups in total. The van der Waals surface area contributed by atoms with Crippen LogP contribution in [-0.4, -0.2) is 30.1 Å². The predicted octanol–water partition coefficient (Wildman–Crippen LogP) is 3.82. The average molecular weight is 279 g/mol. The van der Waals surface area contributed by atoms with Gasteiger partial charge in [-0.2, -0.15) is 0 Å². The van der Waals surface area contributed by atoms with Crippen molar-refractivity contribution in [2.45, 2.75) is 39.7 Å². The van der Waals surface area contributed by atoms with Crippen molar-refractivity contribution < 1.29 is 4.74 Å². The molecular weight excluding hydrogens is 254 g/mol. The van der Waals surface area contributed by atoms with Crippen molar-refractivity contribution in [3.8, 4) is 0 Å². The summed E-state index contributed by atoms with van der Waals surface area (Å²) in [7, 11) is 1.64. The maximum absolute atomic E-state index is 5.04. The molecule has 0 aliphatic carbocycles. The van der Waals surface area contributed by atoms with Gasteiger partial charge in [0.2, 0.25) is 0 Å². The van der Waals surface area contributed by atoms with Crippen LogP contribution in [-0.2, 0) is 17.7 Å². The Balaban J connectivity index is 2.41. The molecule has 0 saturated heterocycles. The second-order valence-corrected chi connectivity index (χ2v) is 5.16. The van der Waals surface area contributed by atoms with Crippen LogP contribution in [0.1, 0.15) is 37.8 Å². The van der Waals surface area contributed by atoms with Gasteiger partial charge in [0.25, 0.3) is 0 Å². The van der Waals surface area contributed by atoms with Crippen LogP contribution in [0, 0.1) is 0 Å². The predicted molar refractivity (Wildman–Crippen MR) is 85.6 cm³/mol. The molecule has 19 heavy (non-hydrogen) atoms. The number of aryl methyl sites for hydroxylation is 1. The third-order valence-electron chi connectivity index (χ3n) is 3.40. The second kappa shape index (κ2) is 9.05. The summed E-state index contributed by atoms with van der Waals surface area (Å²) in [5.41, 5.74) is 2.77. The highest BCUT2D eigenvalue weighted by atomic mass is 32.1. The Morgan fingerprint density at radius 3 is 2.21 bits per heavy atom. The average Bonchev–Trinajstić information content (AvgIpc) is 2.46. The van der Waals surface area contributed by atoms with Crippen LogP contribution in [0.5, 0.6) is 0 Å². The smallest absolute Gasteiger partial charge is 0.159 e. The van der Waals surface area contributed by atoms with Gasteiger partial charge in [-0.05, 0) is 49.3 Å². The Labute approximate surface area is 122 Å². The molecule has 0 fully saturated rings. The number of ether oxygens (including phenoxy) is 1. The van der Waals surface area contributed by atoms with Crippen molar-refractivity contribution in [3.05, 3.63) is 35.4 Å². The SMILES string of the molecule is CCN(CC)Cc1ccc(CCCC(=S)OC)cc1. The van der Waals surface area contributed by atoms with E-state index in [2.05, 4.69) is 43.0 Å². The first-order valence-electron chi connectivity index (χ1n) is 7.06. The zero-order valence-corrected chi connectivity index (χ0v) is 13.1. The Morgan fingerprint density at radius 2 is 1.68 bits per heavy atom. The highest BCUT2D eigenvalue weighted by molar-refractivity contribution is 7.80. The molecule has 2 nitrogen and oxygen atoms in total. The van der Waals surface area contributed by atoms with Crippen LogP contribution in [0.3, 0.4) is 0 Å². The van der Waals surface area contributed by atoms with E-state index >= 15 is 0 Å². The third-order valence-corrected chi connectivity index (χ3v) is 3.77. The van der Waals surface area contributed by atoms with Crippen molar-refractivity contribution >= 4 is 17.3 Å². The summed E-state index contributed by atoms with van der Waals surface area (Å²) in [6.07, 6.45) is 2.99. The quantitative estimate of drug-likeness (QED) is 0.671. The molecule has 1 rings (SSSR count). The van der Waals surface area contributed by atoms with Gasteiger partial charge >= 0.3 is 0 Å². The van der Waals surface area contributed by atoms with E-state index in [-0.39, 0.29) is 0 Å². The topological polar surface area (TPSA) is 12.5 Å². The largest absolute Gasteiger partial charge is 0.490 e. The van der Waals surface area contributed by atoms with Gasteiger partial charge in [-0.3, -0.25) is 4.90 Å². The minimum Gasteiger partial charge on any atom is -0.490 e. The number of methoxy groups -OCH3 is 1. The molecule has 106 valence electrons. The molecule has 0 aliphatic rings. The molecule has 0 unspecified atom stereocenters. The van der Waals surface area contributed by atoms with Crippen molar-refractivity contribution in [2.24, 2.45) is 0 Å². The van der Waals surface area contributed by atoms with Gasteiger partial charge in [-0.1, -0.05) is 38.1 Å². The molecule has 0 amide bonds. The lowest BCUT2D eigenvalue weighted by atomic mass is 10.1. The number of hydrogen-bond acceptors (Lipinski definition) is 3. The van der Waals surface area contributed by atoms with E-state index in [1.165, 1.54) is 11.1 Å². The fourth-order valence-corrected chi connectivity index (χ4v) is 2.20. The lowest BCUT2D eigenvalue weighted by Gasteiger charge is -2.18. The first-order chi connectivity index (χ1) is 9.19. The van der Waals surface area contributed by atoms with E-state index in [4.69, 9.17) is 17.0 Å². The number of nitrogens with zero attached hydrogens (tertiary/aromatic N) is 1. The lowest BCUT2D eigenvalue weighted by Crippen LogP contribution is -2.21. The lowest BCUT2D eigenvalue weighted by molar-refractivity contribution is 0.296. The molecule has 1 aromatic carbocycles. The van der Waals surface area contributed by atoms with Crippen LogP contribution >= 0.6 is 12.2 Å². The summed E-state index contributed by atoms with van der Waals surface area (Å²) in [4.78, 5) is 2.42. The van der Waals surface area contributed by atoms with E-state index in [0.717, 1.165) is 38.9 Å². The summed E-state index contributed by atoms with van der Waals surface area (Å²) >= 11 is 5.04. The van der Waals surface area contributed by atoms with Crippen molar-refractivity contribution in [1.82, 2.24) is 4.90 Å². The standard InChI is InChI=1S/C16H25NOS/c1-4-17(5-2)13-15-11-9-14(10-12-15)7-6-8-16(19)18-3/h9-12H,4-8,13H2,1-3H3. The molecule has 3 heteroatoms. The van der Waals surface area contributed by atoms with Crippen LogP contribution < -0.4 is 0 Å². The van der Waals surface area contributed by atoms with Gasteiger partial charge in [-0.25, -0.2) is 0 Å². The van der Waals surface area contributed by atoms with Gasteiger partial charge in [0.05, 0.1) is 7.11 Å². The fourth-order valence-electron chi connectivity index (χ4n) is 2.06. The fraction of sp³-hybridized carbons (Fsp3) is 0.562. The highest BCUT2D eigenvalue weighted by Crippen LogP contribution is 2.10. The molecule has 0 aliphatic heterocycles. The summed E-state index contributed by atoms with van der Waals surface area (Å²) in [6, 6.07) is 8.94. The van der Waals surface area contributed by atoms with Crippen molar-refractivity contribution in [3.63, 3.8) is 0 Å². The number of thiocarbonyl (C=S) groups is 1. The zero-order valence-electron chi connectivity index (χ0n) is 12.3. The number of rotatable bonds is 8.